The first-order chi connectivity index (χ1) is 8.29. The number of halogens is 1. The molecule has 1 fully saturated rings. The molecule has 2 rings (SSSR count). The van der Waals surface area contributed by atoms with Gasteiger partial charge in [-0.25, -0.2) is 0 Å². The Kier molecular flexibility index (Phi) is 4.48. The van der Waals surface area contributed by atoms with Crippen LogP contribution < -0.4 is 9.47 Å². The molecule has 0 amide bonds. The van der Waals surface area contributed by atoms with Gasteiger partial charge in [0, 0.05) is 0 Å². The topological polar surface area (TPSA) is 51.2 Å². The van der Waals surface area contributed by atoms with Crippen LogP contribution in [0.25, 0.3) is 0 Å². The third kappa shape index (κ3) is 4.07. The number of epoxide rings is 1. The van der Waals surface area contributed by atoms with Crippen LogP contribution in [-0.2, 0) is 4.74 Å². The molecule has 1 N–H and O–H groups in total. The largest absolute Gasteiger partial charge is 0.487 e. The van der Waals surface area contributed by atoms with E-state index in [2.05, 4.69) is 0 Å². The normalized spacial score (nSPS) is 19.8. The molecule has 1 aliphatic rings. The second-order valence-corrected chi connectivity index (χ2v) is 4.14. The SMILES string of the molecule is OC(CCl)COc1ccccc1OCC1CO1. The van der Waals surface area contributed by atoms with Crippen molar-refractivity contribution in [1.82, 2.24) is 0 Å². The van der Waals surface area contributed by atoms with Gasteiger partial charge in [-0.3, -0.25) is 0 Å². The van der Waals surface area contributed by atoms with E-state index in [1.54, 1.807) is 6.07 Å². The molecule has 0 radical (unpaired) electrons. The van der Waals surface area contributed by atoms with Crippen LogP contribution in [0.4, 0.5) is 0 Å². The molecule has 94 valence electrons. The summed E-state index contributed by atoms with van der Waals surface area (Å²) in [5, 5.41) is 9.32. The lowest BCUT2D eigenvalue weighted by atomic mass is 10.3. The fraction of sp³-hybridized carbons (Fsp3) is 0.500. The average molecular weight is 259 g/mol. The monoisotopic (exact) mass is 258 g/mol. The summed E-state index contributed by atoms with van der Waals surface area (Å²) in [5.41, 5.74) is 0. The standard InChI is InChI=1S/C12H15ClO4/c13-5-9(14)6-16-11-3-1-2-4-12(11)17-8-10-7-15-10/h1-4,9-10,14H,5-8H2. The Labute approximate surface area is 105 Å². The number of hydrogen-bond donors (Lipinski definition) is 1. The number of alkyl halides is 1. The van der Waals surface area contributed by atoms with Gasteiger partial charge in [-0.2, -0.15) is 0 Å². The molecule has 2 atom stereocenters. The molecule has 1 aromatic carbocycles. The Morgan fingerprint density at radius 3 is 2.59 bits per heavy atom. The Morgan fingerprint density at radius 2 is 2.00 bits per heavy atom. The average Bonchev–Trinajstić information content (AvgIpc) is 3.18. The van der Waals surface area contributed by atoms with Crippen LogP contribution in [0.3, 0.4) is 0 Å². The lowest BCUT2D eigenvalue weighted by Crippen LogP contribution is -2.19. The van der Waals surface area contributed by atoms with E-state index in [1.165, 1.54) is 0 Å². The second kappa shape index (κ2) is 6.10. The number of benzene rings is 1. The van der Waals surface area contributed by atoms with E-state index in [0.717, 1.165) is 6.61 Å². The lowest BCUT2D eigenvalue weighted by molar-refractivity contribution is 0.122. The maximum absolute atomic E-state index is 9.32. The van der Waals surface area contributed by atoms with Crippen LogP contribution in [0.1, 0.15) is 0 Å². The number of rotatable bonds is 7. The first kappa shape index (κ1) is 12.5. The molecule has 0 saturated carbocycles. The quantitative estimate of drug-likeness (QED) is 0.594. The summed E-state index contributed by atoms with van der Waals surface area (Å²) in [5.74, 6) is 1.42. The van der Waals surface area contributed by atoms with Crippen LogP contribution in [0.5, 0.6) is 11.5 Å². The third-order valence-corrected chi connectivity index (χ3v) is 2.64. The minimum atomic E-state index is -0.670. The predicted molar refractivity (Wildman–Crippen MR) is 63.9 cm³/mol. The van der Waals surface area contributed by atoms with E-state index >= 15 is 0 Å². The molecular formula is C12H15ClO4. The highest BCUT2D eigenvalue weighted by atomic mass is 35.5. The summed E-state index contributed by atoms with van der Waals surface area (Å²) < 4.78 is 16.1. The van der Waals surface area contributed by atoms with Crippen molar-refractivity contribution < 1.29 is 19.3 Å². The molecule has 0 aromatic heterocycles. The van der Waals surface area contributed by atoms with Crippen LogP contribution in [0.15, 0.2) is 24.3 Å². The Hall–Kier alpha value is -0.970. The van der Waals surface area contributed by atoms with Crippen molar-refractivity contribution in [3.05, 3.63) is 24.3 Å². The van der Waals surface area contributed by atoms with Crippen molar-refractivity contribution in [2.24, 2.45) is 0 Å². The van der Waals surface area contributed by atoms with E-state index in [-0.39, 0.29) is 18.6 Å². The third-order valence-electron chi connectivity index (χ3n) is 2.29. The van der Waals surface area contributed by atoms with Crippen LogP contribution >= 0.6 is 11.6 Å². The van der Waals surface area contributed by atoms with Gasteiger partial charge in [0.25, 0.3) is 0 Å². The molecule has 4 nitrogen and oxygen atoms in total. The molecule has 1 saturated heterocycles. The van der Waals surface area contributed by atoms with Crippen molar-refractivity contribution in [3.8, 4) is 11.5 Å². The van der Waals surface area contributed by atoms with E-state index in [0.29, 0.717) is 18.1 Å². The Bertz CT molecular complexity index is 354. The van der Waals surface area contributed by atoms with Crippen molar-refractivity contribution in [2.45, 2.75) is 12.2 Å². The summed E-state index contributed by atoms with van der Waals surface area (Å²) in [6.07, 6.45) is -0.465. The first-order valence-electron chi connectivity index (χ1n) is 5.50. The zero-order valence-electron chi connectivity index (χ0n) is 9.34. The number of hydrogen-bond acceptors (Lipinski definition) is 4. The van der Waals surface area contributed by atoms with Crippen LogP contribution in [-0.4, -0.2) is 43.0 Å². The smallest absolute Gasteiger partial charge is 0.161 e. The Morgan fingerprint density at radius 1 is 1.35 bits per heavy atom. The fourth-order valence-electron chi connectivity index (χ4n) is 1.27. The summed E-state index contributed by atoms with van der Waals surface area (Å²) >= 11 is 5.49. The number of aliphatic hydroxyl groups is 1. The number of aliphatic hydroxyl groups excluding tert-OH is 1. The van der Waals surface area contributed by atoms with Crippen molar-refractivity contribution in [1.29, 1.82) is 0 Å². The van der Waals surface area contributed by atoms with Gasteiger partial charge in [0.15, 0.2) is 11.5 Å². The summed E-state index contributed by atoms with van der Waals surface area (Å²) in [6.45, 7) is 1.44. The fourth-order valence-corrected chi connectivity index (χ4v) is 1.36. The summed E-state index contributed by atoms with van der Waals surface area (Å²) in [6, 6.07) is 7.34. The maximum Gasteiger partial charge on any atom is 0.161 e. The molecule has 1 heterocycles. The zero-order valence-corrected chi connectivity index (χ0v) is 10.1. The molecular weight excluding hydrogens is 244 g/mol. The molecule has 0 bridgehead atoms. The lowest BCUT2D eigenvalue weighted by Gasteiger charge is -2.13. The summed E-state index contributed by atoms with van der Waals surface area (Å²) in [4.78, 5) is 0. The minimum absolute atomic E-state index is 0.152. The molecule has 5 heteroatoms. The van der Waals surface area contributed by atoms with E-state index in [4.69, 9.17) is 25.8 Å². The van der Waals surface area contributed by atoms with Crippen molar-refractivity contribution >= 4 is 11.6 Å². The molecule has 17 heavy (non-hydrogen) atoms. The van der Waals surface area contributed by atoms with Gasteiger partial charge in [-0.15, -0.1) is 11.6 Å². The van der Waals surface area contributed by atoms with Gasteiger partial charge < -0.3 is 19.3 Å². The molecule has 1 aliphatic heterocycles. The highest BCUT2D eigenvalue weighted by Gasteiger charge is 2.23. The summed E-state index contributed by atoms with van der Waals surface area (Å²) in [7, 11) is 0. The highest BCUT2D eigenvalue weighted by molar-refractivity contribution is 6.18. The van der Waals surface area contributed by atoms with Crippen LogP contribution in [0.2, 0.25) is 0 Å². The van der Waals surface area contributed by atoms with E-state index in [9.17, 15) is 5.11 Å². The second-order valence-electron chi connectivity index (χ2n) is 3.83. The van der Waals surface area contributed by atoms with E-state index in [1.807, 2.05) is 18.2 Å². The van der Waals surface area contributed by atoms with Gasteiger partial charge in [0.1, 0.15) is 25.4 Å². The molecule has 2 unspecified atom stereocenters. The molecule has 0 aliphatic carbocycles. The number of para-hydroxylation sites is 2. The van der Waals surface area contributed by atoms with Gasteiger partial charge in [0.2, 0.25) is 0 Å². The molecule has 0 spiro atoms. The predicted octanol–water partition coefficient (Wildman–Crippen LogP) is 1.44. The van der Waals surface area contributed by atoms with Gasteiger partial charge in [-0.05, 0) is 12.1 Å². The first-order valence-corrected chi connectivity index (χ1v) is 6.03. The van der Waals surface area contributed by atoms with Gasteiger partial charge in [0.05, 0.1) is 12.5 Å². The van der Waals surface area contributed by atoms with Gasteiger partial charge >= 0.3 is 0 Å². The van der Waals surface area contributed by atoms with Crippen molar-refractivity contribution in [3.63, 3.8) is 0 Å². The number of ether oxygens (including phenoxy) is 3. The van der Waals surface area contributed by atoms with E-state index < -0.39 is 6.10 Å². The van der Waals surface area contributed by atoms with Crippen molar-refractivity contribution in [2.75, 3.05) is 25.7 Å². The highest BCUT2D eigenvalue weighted by Crippen LogP contribution is 2.27. The van der Waals surface area contributed by atoms with Crippen LogP contribution in [0, 0.1) is 0 Å². The van der Waals surface area contributed by atoms with Gasteiger partial charge in [-0.1, -0.05) is 12.1 Å². The zero-order chi connectivity index (χ0) is 12.1. The Balaban J connectivity index is 1.89. The maximum atomic E-state index is 9.32. The minimum Gasteiger partial charge on any atom is -0.487 e. The molecule has 1 aromatic rings.